The van der Waals surface area contributed by atoms with E-state index in [2.05, 4.69) is 39.4 Å². The minimum absolute atomic E-state index is 0.790. The van der Waals surface area contributed by atoms with Gasteiger partial charge in [0.15, 0.2) is 5.82 Å². The lowest BCUT2D eigenvalue weighted by Crippen LogP contribution is -1.88. The van der Waals surface area contributed by atoms with Crippen molar-refractivity contribution < 1.29 is 4.74 Å². The first kappa shape index (κ1) is 15.6. The third kappa shape index (κ3) is 4.36. The van der Waals surface area contributed by atoms with Crippen LogP contribution in [0.5, 0.6) is 5.75 Å². The Morgan fingerprint density at radius 2 is 1.83 bits per heavy atom. The smallest absolute Gasteiger partial charge is 0.208 e. The molecule has 1 N–H and O–H groups in total. The predicted molar refractivity (Wildman–Crippen MR) is 93.9 cm³/mol. The number of thioether (sulfide) groups is 1. The van der Waals surface area contributed by atoms with E-state index >= 15 is 0 Å². The van der Waals surface area contributed by atoms with E-state index in [1.165, 1.54) is 5.56 Å². The number of aromatic amines is 1. The van der Waals surface area contributed by atoms with Gasteiger partial charge in [0.2, 0.25) is 5.16 Å². The molecule has 4 nitrogen and oxygen atoms in total. The normalized spacial score (nSPS) is 10.7. The number of aryl methyl sites for hydroxylation is 1. The highest BCUT2D eigenvalue weighted by molar-refractivity contribution is 7.99. The second-order valence-electron chi connectivity index (χ2n) is 5.13. The van der Waals surface area contributed by atoms with Crippen molar-refractivity contribution in [3.05, 3.63) is 60.2 Å². The first-order valence-electron chi connectivity index (χ1n) is 7.59. The van der Waals surface area contributed by atoms with Gasteiger partial charge in [0.05, 0.1) is 7.11 Å². The van der Waals surface area contributed by atoms with Crippen molar-refractivity contribution in [1.82, 2.24) is 15.2 Å². The van der Waals surface area contributed by atoms with Gasteiger partial charge in [-0.15, -0.1) is 5.10 Å². The highest BCUT2D eigenvalue weighted by atomic mass is 32.2. The number of benzene rings is 2. The number of H-pyrrole nitrogens is 1. The third-order valence-corrected chi connectivity index (χ3v) is 4.45. The standard InChI is InChI=1S/C18H19N3OS/c1-22-16-11-9-15(10-12-16)17-19-18(21-20-17)23-13-5-8-14-6-3-2-4-7-14/h2-4,6-7,9-12H,5,8,13H2,1H3,(H,19,20,21). The Kier molecular flexibility index (Phi) is 5.32. The van der Waals surface area contributed by atoms with E-state index in [9.17, 15) is 0 Å². The topological polar surface area (TPSA) is 50.8 Å². The van der Waals surface area contributed by atoms with Crippen LogP contribution in [-0.4, -0.2) is 28.0 Å². The first-order valence-corrected chi connectivity index (χ1v) is 8.57. The Balaban J connectivity index is 1.51. The minimum Gasteiger partial charge on any atom is -0.497 e. The lowest BCUT2D eigenvalue weighted by Gasteiger charge is -2.00. The zero-order valence-corrected chi connectivity index (χ0v) is 13.8. The van der Waals surface area contributed by atoms with Crippen LogP contribution >= 0.6 is 11.8 Å². The van der Waals surface area contributed by atoms with E-state index in [1.54, 1.807) is 18.9 Å². The van der Waals surface area contributed by atoms with E-state index in [0.717, 1.165) is 40.9 Å². The summed E-state index contributed by atoms with van der Waals surface area (Å²) in [6.07, 6.45) is 2.20. The molecule has 0 aliphatic carbocycles. The van der Waals surface area contributed by atoms with Gasteiger partial charge < -0.3 is 4.74 Å². The maximum Gasteiger partial charge on any atom is 0.208 e. The van der Waals surface area contributed by atoms with Crippen molar-refractivity contribution in [2.45, 2.75) is 18.0 Å². The largest absolute Gasteiger partial charge is 0.497 e. The molecule has 118 valence electrons. The number of hydrogen-bond acceptors (Lipinski definition) is 4. The monoisotopic (exact) mass is 325 g/mol. The molecule has 0 radical (unpaired) electrons. The van der Waals surface area contributed by atoms with E-state index in [4.69, 9.17) is 4.74 Å². The van der Waals surface area contributed by atoms with Crippen LogP contribution in [0.4, 0.5) is 0 Å². The van der Waals surface area contributed by atoms with Gasteiger partial charge in [0.25, 0.3) is 0 Å². The molecule has 0 unspecified atom stereocenters. The van der Waals surface area contributed by atoms with Crippen molar-refractivity contribution in [1.29, 1.82) is 0 Å². The minimum atomic E-state index is 0.790. The van der Waals surface area contributed by atoms with Gasteiger partial charge in [-0.3, -0.25) is 5.10 Å². The van der Waals surface area contributed by atoms with E-state index in [0.29, 0.717) is 0 Å². The number of methoxy groups -OCH3 is 1. The van der Waals surface area contributed by atoms with Crippen LogP contribution in [0.2, 0.25) is 0 Å². The molecule has 0 spiro atoms. The predicted octanol–water partition coefficient (Wildman–Crippen LogP) is 4.21. The zero-order valence-electron chi connectivity index (χ0n) is 13.0. The van der Waals surface area contributed by atoms with Crippen molar-refractivity contribution in [2.24, 2.45) is 0 Å². The van der Waals surface area contributed by atoms with Gasteiger partial charge >= 0.3 is 0 Å². The van der Waals surface area contributed by atoms with Crippen molar-refractivity contribution in [3.8, 4) is 17.1 Å². The molecular weight excluding hydrogens is 306 g/mol. The molecule has 0 bridgehead atoms. The Labute approximate surface area is 140 Å². The van der Waals surface area contributed by atoms with Gasteiger partial charge in [-0.2, -0.15) is 0 Å². The Hall–Kier alpha value is -2.27. The van der Waals surface area contributed by atoms with Gasteiger partial charge in [0.1, 0.15) is 5.75 Å². The molecule has 1 heterocycles. The van der Waals surface area contributed by atoms with Crippen LogP contribution in [0.1, 0.15) is 12.0 Å². The summed E-state index contributed by atoms with van der Waals surface area (Å²) < 4.78 is 5.16. The summed E-state index contributed by atoms with van der Waals surface area (Å²) in [6, 6.07) is 18.3. The highest BCUT2D eigenvalue weighted by Gasteiger charge is 2.06. The first-order chi connectivity index (χ1) is 11.3. The molecule has 0 saturated carbocycles. The van der Waals surface area contributed by atoms with Gasteiger partial charge in [-0.1, -0.05) is 42.1 Å². The SMILES string of the molecule is COc1ccc(-c2nc(SCCCc3ccccc3)n[nH]2)cc1. The molecular formula is C18H19N3OS. The average molecular weight is 325 g/mol. The number of nitrogens with zero attached hydrogens (tertiary/aromatic N) is 2. The molecule has 0 saturated heterocycles. The van der Waals surface area contributed by atoms with Gasteiger partial charge in [-0.05, 0) is 42.7 Å². The molecule has 0 fully saturated rings. The van der Waals surface area contributed by atoms with Crippen LogP contribution in [0.25, 0.3) is 11.4 Å². The fourth-order valence-corrected chi connectivity index (χ4v) is 3.01. The third-order valence-electron chi connectivity index (χ3n) is 3.51. The molecule has 3 aromatic rings. The van der Waals surface area contributed by atoms with E-state index in [-0.39, 0.29) is 0 Å². The second-order valence-corrected chi connectivity index (χ2v) is 6.19. The van der Waals surface area contributed by atoms with Gasteiger partial charge in [-0.25, -0.2) is 4.98 Å². The summed E-state index contributed by atoms with van der Waals surface area (Å²) in [4.78, 5) is 4.54. The molecule has 3 rings (SSSR count). The lowest BCUT2D eigenvalue weighted by atomic mass is 10.1. The Morgan fingerprint density at radius 3 is 2.57 bits per heavy atom. The van der Waals surface area contributed by atoms with E-state index < -0.39 is 0 Å². The molecule has 0 amide bonds. The lowest BCUT2D eigenvalue weighted by molar-refractivity contribution is 0.415. The van der Waals surface area contributed by atoms with Crippen molar-refractivity contribution in [2.75, 3.05) is 12.9 Å². The maximum atomic E-state index is 5.16. The van der Waals surface area contributed by atoms with Crippen LogP contribution < -0.4 is 4.74 Å². The summed E-state index contributed by atoms with van der Waals surface area (Å²) in [7, 11) is 1.66. The number of rotatable bonds is 7. The molecule has 0 aliphatic rings. The molecule has 23 heavy (non-hydrogen) atoms. The fraction of sp³-hybridized carbons (Fsp3) is 0.222. The summed E-state index contributed by atoms with van der Waals surface area (Å²) in [6.45, 7) is 0. The molecule has 1 aromatic heterocycles. The average Bonchev–Trinajstić information content (AvgIpc) is 3.09. The summed E-state index contributed by atoms with van der Waals surface area (Å²) in [5, 5.41) is 8.07. The number of aromatic nitrogens is 3. The quantitative estimate of drug-likeness (QED) is 0.522. The zero-order chi connectivity index (χ0) is 15.9. The van der Waals surface area contributed by atoms with Crippen LogP contribution in [0.3, 0.4) is 0 Å². The number of hydrogen-bond donors (Lipinski definition) is 1. The summed E-state index contributed by atoms with van der Waals surface area (Å²) in [5.74, 6) is 2.64. The Morgan fingerprint density at radius 1 is 1.04 bits per heavy atom. The molecule has 2 aromatic carbocycles. The summed E-state index contributed by atoms with van der Waals surface area (Å²) in [5.41, 5.74) is 2.39. The summed E-state index contributed by atoms with van der Waals surface area (Å²) >= 11 is 1.68. The maximum absolute atomic E-state index is 5.16. The fourth-order valence-electron chi connectivity index (χ4n) is 2.27. The molecule has 5 heteroatoms. The number of ether oxygens (including phenoxy) is 1. The number of nitrogens with one attached hydrogen (secondary N) is 1. The van der Waals surface area contributed by atoms with Crippen LogP contribution in [0.15, 0.2) is 59.8 Å². The van der Waals surface area contributed by atoms with Crippen molar-refractivity contribution >= 4 is 11.8 Å². The van der Waals surface area contributed by atoms with Crippen LogP contribution in [0, 0.1) is 0 Å². The highest BCUT2D eigenvalue weighted by Crippen LogP contribution is 2.22. The van der Waals surface area contributed by atoms with Crippen LogP contribution in [-0.2, 0) is 6.42 Å². The Bertz CT molecular complexity index is 726. The second kappa shape index (κ2) is 7.83. The van der Waals surface area contributed by atoms with Gasteiger partial charge in [0, 0.05) is 11.3 Å². The molecule has 0 aliphatic heterocycles. The molecule has 0 atom stereocenters. The van der Waals surface area contributed by atoms with Crippen molar-refractivity contribution in [3.63, 3.8) is 0 Å². The van der Waals surface area contributed by atoms with E-state index in [1.807, 2.05) is 30.3 Å².